The lowest BCUT2D eigenvalue weighted by Gasteiger charge is -2.05. The van der Waals surface area contributed by atoms with Crippen molar-refractivity contribution in [2.24, 2.45) is 0 Å². The van der Waals surface area contributed by atoms with Gasteiger partial charge < -0.3 is 14.6 Å². The monoisotopic (exact) mass is 351 g/mol. The minimum absolute atomic E-state index is 0.0776. The van der Waals surface area contributed by atoms with Gasteiger partial charge in [-0.05, 0) is 43.5 Å². The molecule has 0 saturated carbocycles. The third kappa shape index (κ3) is 2.88. The highest BCUT2D eigenvalue weighted by Gasteiger charge is 2.29. The molecule has 2 aromatic rings. The molecule has 2 heterocycles. The summed E-state index contributed by atoms with van der Waals surface area (Å²) < 4.78 is 11.9. The molecule has 3 rings (SSSR count). The highest BCUT2D eigenvalue weighted by atomic mass is 79.9. The maximum absolute atomic E-state index is 5.41. The van der Waals surface area contributed by atoms with Crippen molar-refractivity contribution in [3.05, 3.63) is 33.6 Å². The summed E-state index contributed by atoms with van der Waals surface area (Å²) in [6.07, 6.45) is 1.07. The van der Waals surface area contributed by atoms with Crippen molar-refractivity contribution < 1.29 is 9.26 Å². The standard InChI is InChI=1S/C15H18BrN3O2/c1-8-4-10(5-9(2)13(8)16)14-18-15(21-19-14)12-6-11(20-3)7-17-12/h4-5,11-12,17H,6-7H2,1-3H3. The van der Waals surface area contributed by atoms with E-state index in [1.165, 1.54) is 0 Å². The van der Waals surface area contributed by atoms with E-state index in [1.54, 1.807) is 7.11 Å². The Bertz CT molecular complexity index is 633. The van der Waals surface area contributed by atoms with E-state index in [0.717, 1.165) is 34.1 Å². The molecule has 0 amide bonds. The predicted molar refractivity (Wildman–Crippen MR) is 83.1 cm³/mol. The minimum atomic E-state index is 0.0776. The van der Waals surface area contributed by atoms with E-state index in [-0.39, 0.29) is 12.1 Å². The molecule has 0 radical (unpaired) electrons. The summed E-state index contributed by atoms with van der Waals surface area (Å²) in [5, 5.41) is 7.45. The molecule has 1 aromatic carbocycles. The zero-order valence-corrected chi connectivity index (χ0v) is 13.9. The van der Waals surface area contributed by atoms with Crippen LogP contribution in [-0.4, -0.2) is 29.9 Å². The molecule has 1 fully saturated rings. The molecule has 112 valence electrons. The SMILES string of the molecule is COC1CNC(c2nc(-c3cc(C)c(Br)c(C)c3)no2)C1. The maximum Gasteiger partial charge on any atom is 0.244 e. The number of halogens is 1. The lowest BCUT2D eigenvalue weighted by molar-refractivity contribution is 0.116. The van der Waals surface area contributed by atoms with Gasteiger partial charge in [0.25, 0.3) is 0 Å². The molecular weight excluding hydrogens is 334 g/mol. The van der Waals surface area contributed by atoms with Crippen molar-refractivity contribution in [2.75, 3.05) is 13.7 Å². The number of ether oxygens (including phenoxy) is 1. The molecule has 2 unspecified atom stereocenters. The number of hydrogen-bond donors (Lipinski definition) is 1. The Hall–Kier alpha value is -1.24. The Labute approximate surface area is 132 Å². The molecule has 1 N–H and O–H groups in total. The maximum atomic E-state index is 5.41. The van der Waals surface area contributed by atoms with Crippen LogP contribution in [0.2, 0.25) is 0 Å². The molecule has 21 heavy (non-hydrogen) atoms. The van der Waals surface area contributed by atoms with E-state index in [9.17, 15) is 0 Å². The molecule has 0 bridgehead atoms. The molecule has 1 saturated heterocycles. The van der Waals surface area contributed by atoms with Crippen LogP contribution in [0.5, 0.6) is 0 Å². The summed E-state index contributed by atoms with van der Waals surface area (Å²) in [4.78, 5) is 4.53. The highest BCUT2D eigenvalue weighted by molar-refractivity contribution is 9.10. The van der Waals surface area contributed by atoms with E-state index in [2.05, 4.69) is 57.4 Å². The fourth-order valence-corrected chi connectivity index (χ4v) is 2.87. The molecule has 6 heteroatoms. The molecule has 1 aliphatic rings. The largest absolute Gasteiger partial charge is 0.380 e. The third-order valence-electron chi connectivity index (χ3n) is 3.86. The Balaban J connectivity index is 1.85. The van der Waals surface area contributed by atoms with Gasteiger partial charge in [-0.2, -0.15) is 4.98 Å². The van der Waals surface area contributed by atoms with Crippen LogP contribution in [0.25, 0.3) is 11.4 Å². The predicted octanol–water partition coefficient (Wildman–Crippen LogP) is 3.17. The quantitative estimate of drug-likeness (QED) is 0.920. The second-order valence-corrected chi connectivity index (χ2v) is 6.23. The summed E-state index contributed by atoms with van der Waals surface area (Å²) in [6, 6.07) is 4.20. The van der Waals surface area contributed by atoms with Crippen molar-refractivity contribution >= 4 is 15.9 Å². The Morgan fingerprint density at radius 1 is 1.33 bits per heavy atom. The summed E-state index contributed by atoms with van der Waals surface area (Å²) in [7, 11) is 1.72. The van der Waals surface area contributed by atoms with Gasteiger partial charge in [0.1, 0.15) is 0 Å². The first-order chi connectivity index (χ1) is 10.1. The Morgan fingerprint density at radius 3 is 2.67 bits per heavy atom. The van der Waals surface area contributed by atoms with E-state index in [4.69, 9.17) is 9.26 Å². The topological polar surface area (TPSA) is 60.2 Å². The van der Waals surface area contributed by atoms with E-state index >= 15 is 0 Å². The van der Waals surface area contributed by atoms with Gasteiger partial charge in [-0.3, -0.25) is 0 Å². The van der Waals surface area contributed by atoms with Crippen LogP contribution < -0.4 is 5.32 Å². The fourth-order valence-electron chi connectivity index (χ4n) is 2.64. The normalized spacial score (nSPS) is 21.9. The molecule has 0 spiro atoms. The molecule has 1 aliphatic heterocycles. The molecule has 1 aromatic heterocycles. The van der Waals surface area contributed by atoms with E-state index < -0.39 is 0 Å². The fraction of sp³-hybridized carbons (Fsp3) is 0.467. The number of hydrogen-bond acceptors (Lipinski definition) is 5. The summed E-state index contributed by atoms with van der Waals surface area (Å²) in [6.45, 7) is 4.93. The van der Waals surface area contributed by atoms with Crippen LogP contribution in [0.4, 0.5) is 0 Å². The van der Waals surface area contributed by atoms with E-state index in [1.807, 2.05) is 0 Å². The summed E-state index contributed by atoms with van der Waals surface area (Å²) in [5.74, 6) is 1.26. The lowest BCUT2D eigenvalue weighted by Crippen LogP contribution is -2.16. The molecular formula is C15H18BrN3O2. The van der Waals surface area contributed by atoms with Crippen molar-refractivity contribution in [2.45, 2.75) is 32.4 Å². The van der Waals surface area contributed by atoms with Gasteiger partial charge in [0.2, 0.25) is 11.7 Å². The zero-order chi connectivity index (χ0) is 15.0. The summed E-state index contributed by atoms with van der Waals surface area (Å²) >= 11 is 3.57. The van der Waals surface area contributed by atoms with Crippen LogP contribution in [-0.2, 0) is 4.74 Å². The van der Waals surface area contributed by atoms with Gasteiger partial charge in [0.05, 0.1) is 12.1 Å². The van der Waals surface area contributed by atoms with Crippen LogP contribution in [0.15, 0.2) is 21.1 Å². The third-order valence-corrected chi connectivity index (χ3v) is 5.11. The zero-order valence-electron chi connectivity index (χ0n) is 12.3. The number of nitrogens with zero attached hydrogens (tertiary/aromatic N) is 2. The van der Waals surface area contributed by atoms with Crippen LogP contribution in [0.1, 0.15) is 29.5 Å². The number of benzene rings is 1. The highest BCUT2D eigenvalue weighted by Crippen LogP contribution is 2.29. The van der Waals surface area contributed by atoms with Crippen LogP contribution in [0.3, 0.4) is 0 Å². The van der Waals surface area contributed by atoms with Crippen LogP contribution >= 0.6 is 15.9 Å². The van der Waals surface area contributed by atoms with Crippen LogP contribution in [0, 0.1) is 13.8 Å². The Kier molecular flexibility index (Phi) is 4.10. The summed E-state index contributed by atoms with van der Waals surface area (Å²) in [5.41, 5.74) is 3.30. The lowest BCUT2D eigenvalue weighted by atomic mass is 10.1. The first-order valence-corrected chi connectivity index (χ1v) is 7.74. The molecule has 0 aliphatic carbocycles. The first kappa shape index (κ1) is 14.7. The van der Waals surface area contributed by atoms with Crippen molar-refractivity contribution in [3.63, 3.8) is 0 Å². The number of nitrogens with one attached hydrogen (secondary N) is 1. The average molecular weight is 352 g/mol. The van der Waals surface area contributed by atoms with Gasteiger partial charge in [0, 0.05) is 23.7 Å². The number of aromatic nitrogens is 2. The van der Waals surface area contributed by atoms with Gasteiger partial charge in [-0.15, -0.1) is 0 Å². The first-order valence-electron chi connectivity index (χ1n) is 6.95. The van der Waals surface area contributed by atoms with E-state index in [0.29, 0.717) is 11.7 Å². The van der Waals surface area contributed by atoms with Gasteiger partial charge in [0.15, 0.2) is 0 Å². The average Bonchev–Trinajstić information content (AvgIpc) is 3.12. The van der Waals surface area contributed by atoms with Crippen molar-refractivity contribution in [1.29, 1.82) is 0 Å². The molecule has 5 nitrogen and oxygen atoms in total. The van der Waals surface area contributed by atoms with Gasteiger partial charge >= 0.3 is 0 Å². The second-order valence-electron chi connectivity index (χ2n) is 5.43. The Morgan fingerprint density at radius 2 is 2.05 bits per heavy atom. The smallest absolute Gasteiger partial charge is 0.244 e. The van der Waals surface area contributed by atoms with Gasteiger partial charge in [-0.1, -0.05) is 21.1 Å². The number of rotatable bonds is 3. The number of aryl methyl sites for hydroxylation is 2. The van der Waals surface area contributed by atoms with Crippen molar-refractivity contribution in [1.82, 2.24) is 15.5 Å². The van der Waals surface area contributed by atoms with Crippen molar-refractivity contribution in [3.8, 4) is 11.4 Å². The van der Waals surface area contributed by atoms with Gasteiger partial charge in [-0.25, -0.2) is 0 Å². The number of methoxy groups -OCH3 is 1. The minimum Gasteiger partial charge on any atom is -0.380 e. The molecule has 2 atom stereocenters. The second kappa shape index (κ2) is 5.87.